The van der Waals surface area contributed by atoms with Crippen LogP contribution in [-0.2, 0) is 11.3 Å². The van der Waals surface area contributed by atoms with E-state index in [4.69, 9.17) is 31.2 Å². The molecule has 4 rings (SSSR count). The number of nitrogens with one attached hydrogen (secondary N) is 1. The Morgan fingerprint density at radius 1 is 1.15 bits per heavy atom. The number of aryl methyl sites for hydroxylation is 1. The van der Waals surface area contributed by atoms with Gasteiger partial charge < -0.3 is 24.9 Å². The summed E-state index contributed by atoms with van der Waals surface area (Å²) in [7, 11) is 0. The largest absolute Gasteiger partial charge is 0.490 e. The number of carbonyl (C=O) groups excluding carboxylic acids is 1. The van der Waals surface area contributed by atoms with Crippen molar-refractivity contribution in [1.29, 1.82) is 0 Å². The smallest absolute Gasteiger partial charge is 0.255 e. The van der Waals surface area contributed by atoms with Gasteiger partial charge in [0.25, 0.3) is 5.91 Å². The molecule has 4 aromatic rings. The van der Waals surface area contributed by atoms with Gasteiger partial charge in [0.1, 0.15) is 5.52 Å². The highest BCUT2D eigenvalue weighted by Gasteiger charge is 2.14. The van der Waals surface area contributed by atoms with Gasteiger partial charge >= 0.3 is 0 Å². The maximum absolute atomic E-state index is 11.1. The number of hydrogen-bond donors (Lipinski definition) is 2. The first-order valence-corrected chi connectivity index (χ1v) is 10.9. The molecule has 3 aromatic carbocycles. The fraction of sp³-hybridized carbons (Fsp3) is 0.200. The maximum Gasteiger partial charge on any atom is 0.255 e. The van der Waals surface area contributed by atoms with Crippen molar-refractivity contribution in [2.75, 3.05) is 18.5 Å². The maximum atomic E-state index is 11.1. The minimum atomic E-state index is -0.590. The van der Waals surface area contributed by atoms with Crippen molar-refractivity contribution in [3.8, 4) is 23.0 Å². The second-order valence-corrected chi connectivity index (χ2v) is 7.87. The van der Waals surface area contributed by atoms with E-state index >= 15 is 0 Å². The molecule has 0 saturated carbocycles. The summed E-state index contributed by atoms with van der Waals surface area (Å²) in [5.41, 5.74) is 10.5. The number of aromatic nitrogens is 1. The average Bonchev–Trinajstić information content (AvgIpc) is 3.20. The molecule has 170 valence electrons. The fourth-order valence-corrected chi connectivity index (χ4v) is 3.73. The molecule has 0 aliphatic rings. The molecule has 0 radical (unpaired) electrons. The SMILES string of the molecule is CCOc1cc(CNc2ccc3oc(-c4ccccc4C)nc3c2)cc(Cl)c1OCC(N)=O. The van der Waals surface area contributed by atoms with Gasteiger partial charge in [0, 0.05) is 17.8 Å². The van der Waals surface area contributed by atoms with Gasteiger partial charge in [-0.2, -0.15) is 0 Å². The number of rotatable bonds is 9. The summed E-state index contributed by atoms with van der Waals surface area (Å²) in [6, 6.07) is 17.3. The monoisotopic (exact) mass is 465 g/mol. The van der Waals surface area contributed by atoms with Gasteiger partial charge in [-0.3, -0.25) is 4.79 Å². The molecule has 0 aliphatic heterocycles. The number of primary amides is 1. The van der Waals surface area contributed by atoms with Crippen molar-refractivity contribution in [3.63, 3.8) is 0 Å². The van der Waals surface area contributed by atoms with E-state index in [-0.39, 0.29) is 6.61 Å². The van der Waals surface area contributed by atoms with Crippen LogP contribution in [0.1, 0.15) is 18.1 Å². The number of carbonyl (C=O) groups is 1. The van der Waals surface area contributed by atoms with Crippen molar-refractivity contribution in [2.45, 2.75) is 20.4 Å². The van der Waals surface area contributed by atoms with Crippen LogP contribution < -0.4 is 20.5 Å². The molecule has 0 unspecified atom stereocenters. The van der Waals surface area contributed by atoms with Gasteiger partial charge in [0.15, 0.2) is 23.7 Å². The molecule has 7 nitrogen and oxygen atoms in total. The third-order valence-electron chi connectivity index (χ3n) is 4.99. The van der Waals surface area contributed by atoms with E-state index < -0.39 is 5.91 Å². The summed E-state index contributed by atoms with van der Waals surface area (Å²) < 4.78 is 17.0. The Hall–Kier alpha value is -3.71. The van der Waals surface area contributed by atoms with Gasteiger partial charge in [-0.25, -0.2) is 4.98 Å². The molecule has 1 amide bonds. The van der Waals surface area contributed by atoms with Crippen LogP contribution in [0.25, 0.3) is 22.6 Å². The first-order valence-electron chi connectivity index (χ1n) is 10.5. The van der Waals surface area contributed by atoms with Crippen LogP contribution in [0.5, 0.6) is 11.5 Å². The van der Waals surface area contributed by atoms with Crippen LogP contribution >= 0.6 is 11.6 Å². The summed E-state index contributed by atoms with van der Waals surface area (Å²) >= 11 is 6.38. The molecule has 3 N–H and O–H groups in total. The molecule has 1 heterocycles. The second kappa shape index (κ2) is 9.83. The van der Waals surface area contributed by atoms with Crippen molar-refractivity contribution < 1.29 is 18.7 Å². The molecule has 0 bridgehead atoms. The van der Waals surface area contributed by atoms with Gasteiger partial charge in [0.2, 0.25) is 5.89 Å². The Morgan fingerprint density at radius 3 is 2.73 bits per heavy atom. The lowest BCUT2D eigenvalue weighted by Gasteiger charge is -2.15. The van der Waals surface area contributed by atoms with E-state index in [0.29, 0.717) is 35.6 Å². The number of amides is 1. The Labute approximate surface area is 196 Å². The van der Waals surface area contributed by atoms with Crippen LogP contribution in [0.2, 0.25) is 5.02 Å². The third-order valence-corrected chi connectivity index (χ3v) is 5.27. The van der Waals surface area contributed by atoms with E-state index in [1.54, 1.807) is 6.07 Å². The zero-order valence-corrected chi connectivity index (χ0v) is 19.1. The van der Waals surface area contributed by atoms with Crippen molar-refractivity contribution >= 4 is 34.3 Å². The summed E-state index contributed by atoms with van der Waals surface area (Å²) in [6.07, 6.45) is 0. The number of nitrogens with zero attached hydrogens (tertiary/aromatic N) is 1. The average molecular weight is 466 g/mol. The molecule has 0 aliphatic carbocycles. The molecule has 0 fully saturated rings. The number of anilines is 1. The van der Waals surface area contributed by atoms with E-state index in [0.717, 1.165) is 33.5 Å². The van der Waals surface area contributed by atoms with E-state index in [2.05, 4.69) is 10.3 Å². The van der Waals surface area contributed by atoms with E-state index in [1.807, 2.05) is 62.4 Å². The van der Waals surface area contributed by atoms with Crippen molar-refractivity contribution in [3.05, 3.63) is 70.7 Å². The molecule has 0 spiro atoms. The van der Waals surface area contributed by atoms with Crippen LogP contribution in [0.3, 0.4) is 0 Å². The number of oxazole rings is 1. The number of ether oxygens (including phenoxy) is 2. The summed E-state index contributed by atoms with van der Waals surface area (Å²) in [5.74, 6) is 0.764. The topological polar surface area (TPSA) is 99.6 Å². The van der Waals surface area contributed by atoms with Gasteiger partial charge in [-0.15, -0.1) is 0 Å². The molecule has 0 atom stereocenters. The zero-order valence-electron chi connectivity index (χ0n) is 18.4. The van der Waals surface area contributed by atoms with Gasteiger partial charge in [-0.05, 0) is 61.4 Å². The van der Waals surface area contributed by atoms with E-state index in [1.165, 1.54) is 0 Å². The van der Waals surface area contributed by atoms with Crippen LogP contribution in [0.15, 0.2) is 59.0 Å². The highest BCUT2D eigenvalue weighted by Crippen LogP contribution is 2.37. The predicted octanol–water partition coefficient (Wildman–Crippen LogP) is 5.33. The summed E-state index contributed by atoms with van der Waals surface area (Å²) in [4.78, 5) is 15.7. The summed E-state index contributed by atoms with van der Waals surface area (Å²) in [6.45, 7) is 4.52. The molecular formula is C25H24ClN3O4. The Balaban J connectivity index is 1.53. The Morgan fingerprint density at radius 2 is 1.97 bits per heavy atom. The second-order valence-electron chi connectivity index (χ2n) is 7.46. The number of benzene rings is 3. The first kappa shape index (κ1) is 22.5. The fourth-order valence-electron chi connectivity index (χ4n) is 3.44. The lowest BCUT2D eigenvalue weighted by molar-refractivity contribution is -0.119. The number of hydrogen-bond acceptors (Lipinski definition) is 6. The lowest BCUT2D eigenvalue weighted by Crippen LogP contribution is -2.20. The van der Waals surface area contributed by atoms with Gasteiger partial charge in [-0.1, -0.05) is 29.8 Å². The molecule has 0 saturated heterocycles. The zero-order chi connectivity index (χ0) is 23.4. The molecular weight excluding hydrogens is 442 g/mol. The highest BCUT2D eigenvalue weighted by atomic mass is 35.5. The van der Waals surface area contributed by atoms with Crippen molar-refractivity contribution in [1.82, 2.24) is 4.98 Å². The molecule has 1 aromatic heterocycles. The Bertz CT molecular complexity index is 1300. The summed E-state index contributed by atoms with van der Waals surface area (Å²) in [5, 5.41) is 3.71. The molecule has 8 heteroatoms. The lowest BCUT2D eigenvalue weighted by atomic mass is 10.1. The van der Waals surface area contributed by atoms with Crippen molar-refractivity contribution in [2.24, 2.45) is 5.73 Å². The molecule has 33 heavy (non-hydrogen) atoms. The standard InChI is InChI=1S/C25H24ClN3O4/c1-3-31-22-11-16(10-19(26)24(22)32-14-23(27)30)13-28-17-8-9-21-20(12-17)29-25(33-21)18-7-5-4-6-15(18)2/h4-12,28H,3,13-14H2,1-2H3,(H2,27,30). The van der Waals surface area contributed by atoms with Crippen LogP contribution in [-0.4, -0.2) is 24.1 Å². The minimum Gasteiger partial charge on any atom is -0.490 e. The number of nitrogens with two attached hydrogens (primary N) is 1. The third kappa shape index (κ3) is 5.21. The number of halogens is 1. The van der Waals surface area contributed by atoms with Crippen LogP contribution in [0.4, 0.5) is 5.69 Å². The Kier molecular flexibility index (Phi) is 6.70. The minimum absolute atomic E-state index is 0.278. The highest BCUT2D eigenvalue weighted by molar-refractivity contribution is 6.32. The normalized spacial score (nSPS) is 10.9. The number of fused-ring (bicyclic) bond motifs is 1. The first-order chi connectivity index (χ1) is 15.9. The quantitative estimate of drug-likeness (QED) is 0.346. The van der Waals surface area contributed by atoms with Crippen LogP contribution in [0, 0.1) is 6.92 Å². The van der Waals surface area contributed by atoms with E-state index in [9.17, 15) is 4.79 Å². The predicted molar refractivity (Wildman–Crippen MR) is 129 cm³/mol. The van der Waals surface area contributed by atoms with Gasteiger partial charge in [0.05, 0.1) is 11.6 Å².